The Bertz CT molecular complexity index is 484. The van der Waals surface area contributed by atoms with Gasteiger partial charge in [-0.15, -0.1) is 0 Å². The Labute approximate surface area is 111 Å². The first kappa shape index (κ1) is 13.0. The molecule has 0 amide bonds. The van der Waals surface area contributed by atoms with Crippen molar-refractivity contribution in [2.45, 2.75) is 29.7 Å². The molecule has 0 aliphatic rings. The summed E-state index contributed by atoms with van der Waals surface area (Å²) in [5, 5.41) is 5.31. The average Bonchev–Trinajstić information content (AvgIpc) is 2.83. The van der Waals surface area contributed by atoms with Crippen LogP contribution in [0.15, 0.2) is 36.0 Å². The van der Waals surface area contributed by atoms with Crippen LogP contribution in [-0.4, -0.2) is 25.8 Å². The molecule has 2 rings (SSSR count). The number of nitrogens with zero attached hydrogens (tertiary/aromatic N) is 4. The highest BCUT2D eigenvalue weighted by atomic mass is 32.2. The van der Waals surface area contributed by atoms with Gasteiger partial charge in [-0.1, -0.05) is 18.7 Å². The highest BCUT2D eigenvalue weighted by Crippen LogP contribution is 2.36. The van der Waals surface area contributed by atoms with E-state index in [1.807, 2.05) is 25.5 Å². The highest BCUT2D eigenvalue weighted by Gasteiger charge is 2.21. The third-order valence-electron chi connectivity index (χ3n) is 2.72. The van der Waals surface area contributed by atoms with Crippen LogP contribution in [0.4, 0.5) is 0 Å². The van der Waals surface area contributed by atoms with Crippen molar-refractivity contribution in [3.8, 4) is 0 Å². The van der Waals surface area contributed by atoms with Crippen LogP contribution in [0.5, 0.6) is 0 Å². The zero-order valence-electron chi connectivity index (χ0n) is 10.5. The quantitative estimate of drug-likeness (QED) is 0.658. The highest BCUT2D eigenvalue weighted by molar-refractivity contribution is 7.99. The largest absolute Gasteiger partial charge is 0.326 e. The maximum atomic E-state index is 6.21. The van der Waals surface area contributed by atoms with E-state index in [9.17, 15) is 0 Å². The molecule has 96 valence electrons. The lowest BCUT2D eigenvalue weighted by atomic mass is 10.1. The lowest BCUT2D eigenvalue weighted by molar-refractivity contribution is 0.633. The van der Waals surface area contributed by atoms with Gasteiger partial charge < -0.3 is 5.73 Å². The van der Waals surface area contributed by atoms with Gasteiger partial charge in [0.05, 0.1) is 16.5 Å². The van der Waals surface area contributed by atoms with Crippen molar-refractivity contribution in [2.24, 2.45) is 12.8 Å². The van der Waals surface area contributed by atoms with Crippen molar-refractivity contribution >= 4 is 11.8 Å². The number of nitrogens with two attached hydrogens (primary N) is 1. The van der Waals surface area contributed by atoms with Gasteiger partial charge in [0.2, 0.25) is 0 Å². The zero-order chi connectivity index (χ0) is 13.0. The van der Waals surface area contributed by atoms with Crippen molar-refractivity contribution in [1.29, 1.82) is 0 Å². The fourth-order valence-corrected chi connectivity index (χ4v) is 2.81. The first-order valence-corrected chi connectivity index (χ1v) is 6.75. The van der Waals surface area contributed by atoms with E-state index in [4.69, 9.17) is 5.73 Å². The summed E-state index contributed by atoms with van der Waals surface area (Å²) in [5.74, 6) is 0. The van der Waals surface area contributed by atoms with Crippen LogP contribution in [0.1, 0.15) is 24.2 Å². The van der Waals surface area contributed by atoms with Crippen LogP contribution in [0, 0.1) is 0 Å². The Balaban J connectivity index is 2.21. The van der Waals surface area contributed by atoms with E-state index in [0.717, 1.165) is 17.0 Å². The predicted molar refractivity (Wildman–Crippen MR) is 72.1 cm³/mol. The molecule has 0 bridgehead atoms. The Morgan fingerprint density at radius 1 is 1.50 bits per heavy atom. The van der Waals surface area contributed by atoms with E-state index < -0.39 is 0 Å². The maximum absolute atomic E-state index is 6.21. The molecule has 0 saturated carbocycles. The maximum Gasteiger partial charge on any atom is 0.116 e. The Kier molecular flexibility index (Phi) is 4.33. The monoisotopic (exact) mass is 263 g/mol. The number of aromatic nitrogens is 4. The molecule has 2 heterocycles. The average molecular weight is 263 g/mol. The Morgan fingerprint density at radius 3 is 2.89 bits per heavy atom. The third kappa shape index (κ3) is 3.08. The fraction of sp³-hybridized carbons (Fsp3) is 0.417. The smallest absolute Gasteiger partial charge is 0.116 e. The second-order valence-electron chi connectivity index (χ2n) is 4.11. The molecule has 0 saturated heterocycles. The van der Waals surface area contributed by atoms with E-state index in [-0.39, 0.29) is 11.3 Å². The van der Waals surface area contributed by atoms with Gasteiger partial charge in [0.15, 0.2) is 0 Å². The van der Waals surface area contributed by atoms with Gasteiger partial charge in [-0.25, -0.2) is 9.97 Å². The minimum absolute atomic E-state index is 0.0779. The van der Waals surface area contributed by atoms with Gasteiger partial charge >= 0.3 is 0 Å². The van der Waals surface area contributed by atoms with E-state index in [2.05, 4.69) is 22.0 Å². The van der Waals surface area contributed by atoms with Gasteiger partial charge in [0, 0.05) is 31.0 Å². The molecule has 2 aromatic rings. The first-order chi connectivity index (χ1) is 8.70. The molecule has 2 atom stereocenters. The summed E-state index contributed by atoms with van der Waals surface area (Å²) >= 11 is 1.66. The Morgan fingerprint density at radius 2 is 2.33 bits per heavy atom. The molecule has 0 fully saturated rings. The van der Waals surface area contributed by atoms with Crippen LogP contribution in [0.2, 0.25) is 0 Å². The standard InChI is InChI=1S/C12H17N5S/c1-3-10(13)12(9-6-16-17(2)7-9)18-11-4-5-14-8-15-11/h4-8,10,12H,3,13H2,1-2H3. The molecule has 0 spiro atoms. The molecule has 2 aromatic heterocycles. The van der Waals surface area contributed by atoms with Crippen molar-refractivity contribution in [1.82, 2.24) is 19.7 Å². The van der Waals surface area contributed by atoms with Crippen LogP contribution in [0.3, 0.4) is 0 Å². The fourth-order valence-electron chi connectivity index (χ4n) is 1.68. The summed E-state index contributed by atoms with van der Waals surface area (Å²) in [6, 6.07) is 1.98. The second kappa shape index (κ2) is 5.97. The molecule has 18 heavy (non-hydrogen) atoms. The third-order valence-corrected chi connectivity index (χ3v) is 4.07. The summed E-state index contributed by atoms with van der Waals surface area (Å²) in [5.41, 5.74) is 7.34. The second-order valence-corrected chi connectivity index (χ2v) is 5.27. The molecule has 2 N–H and O–H groups in total. The number of aryl methyl sites for hydroxylation is 1. The predicted octanol–water partition coefficient (Wildman–Crippen LogP) is 1.78. The minimum atomic E-state index is 0.0779. The normalized spacial score (nSPS) is 14.4. The summed E-state index contributed by atoms with van der Waals surface area (Å²) in [6.45, 7) is 2.09. The van der Waals surface area contributed by atoms with Gasteiger partial charge in [-0.3, -0.25) is 4.68 Å². The molecule has 6 heteroatoms. The van der Waals surface area contributed by atoms with E-state index in [0.29, 0.717) is 0 Å². The van der Waals surface area contributed by atoms with Crippen molar-refractivity contribution in [2.75, 3.05) is 0 Å². The van der Waals surface area contributed by atoms with Crippen molar-refractivity contribution in [3.63, 3.8) is 0 Å². The number of thioether (sulfide) groups is 1. The molecular weight excluding hydrogens is 246 g/mol. The topological polar surface area (TPSA) is 69.6 Å². The number of rotatable bonds is 5. The SMILES string of the molecule is CCC(N)C(Sc1ccncn1)c1cnn(C)c1. The minimum Gasteiger partial charge on any atom is -0.326 e. The molecule has 0 aliphatic carbocycles. The lowest BCUT2D eigenvalue weighted by Gasteiger charge is -2.20. The molecule has 2 unspecified atom stereocenters. The van der Waals surface area contributed by atoms with Crippen LogP contribution < -0.4 is 5.73 Å². The molecule has 5 nitrogen and oxygen atoms in total. The van der Waals surface area contributed by atoms with E-state index >= 15 is 0 Å². The van der Waals surface area contributed by atoms with Gasteiger partial charge in [-0.2, -0.15) is 5.10 Å². The zero-order valence-corrected chi connectivity index (χ0v) is 11.3. The summed E-state index contributed by atoms with van der Waals surface area (Å²) < 4.78 is 1.80. The number of hydrogen-bond acceptors (Lipinski definition) is 5. The Hall–Kier alpha value is -1.40. The van der Waals surface area contributed by atoms with Crippen LogP contribution in [-0.2, 0) is 7.05 Å². The van der Waals surface area contributed by atoms with E-state index in [1.54, 1.807) is 29.0 Å². The summed E-state index contributed by atoms with van der Waals surface area (Å²) in [7, 11) is 1.91. The van der Waals surface area contributed by atoms with Gasteiger partial charge in [0.25, 0.3) is 0 Å². The van der Waals surface area contributed by atoms with E-state index in [1.165, 1.54) is 0 Å². The number of hydrogen-bond donors (Lipinski definition) is 1. The first-order valence-electron chi connectivity index (χ1n) is 5.87. The van der Waals surface area contributed by atoms with Gasteiger partial charge in [0.1, 0.15) is 6.33 Å². The summed E-state index contributed by atoms with van der Waals surface area (Å²) in [4.78, 5) is 8.16. The van der Waals surface area contributed by atoms with Gasteiger partial charge in [-0.05, 0) is 12.5 Å². The molecule has 0 aliphatic heterocycles. The van der Waals surface area contributed by atoms with Crippen LogP contribution in [0.25, 0.3) is 0 Å². The van der Waals surface area contributed by atoms with Crippen LogP contribution >= 0.6 is 11.8 Å². The lowest BCUT2D eigenvalue weighted by Crippen LogP contribution is -2.25. The molecule has 0 radical (unpaired) electrons. The summed E-state index contributed by atoms with van der Waals surface area (Å²) in [6.07, 6.45) is 8.09. The molecular formula is C12H17N5S. The van der Waals surface area contributed by atoms with Crippen molar-refractivity contribution < 1.29 is 0 Å². The van der Waals surface area contributed by atoms with Crippen molar-refractivity contribution in [3.05, 3.63) is 36.5 Å². The molecule has 0 aromatic carbocycles.